The molecule has 0 aromatic carbocycles. The summed E-state index contributed by atoms with van der Waals surface area (Å²) >= 11 is 5.18. The van der Waals surface area contributed by atoms with Gasteiger partial charge < -0.3 is 5.32 Å². The molecule has 0 saturated heterocycles. The van der Waals surface area contributed by atoms with E-state index < -0.39 is 0 Å². The van der Waals surface area contributed by atoms with Crippen molar-refractivity contribution in [3.05, 3.63) is 20.8 Å². The van der Waals surface area contributed by atoms with Gasteiger partial charge in [0.2, 0.25) is 5.91 Å². The first-order chi connectivity index (χ1) is 9.63. The van der Waals surface area contributed by atoms with Crippen LogP contribution < -0.4 is 5.32 Å². The van der Waals surface area contributed by atoms with Gasteiger partial charge in [0, 0.05) is 27.3 Å². The normalized spacial score (nSPS) is 17.1. The highest BCUT2D eigenvalue weighted by atomic mass is 79.9. The fraction of sp³-hybridized carbons (Fsp3) is 0.667. The van der Waals surface area contributed by atoms with Gasteiger partial charge in [-0.25, -0.2) is 0 Å². The van der Waals surface area contributed by atoms with E-state index in [9.17, 15) is 4.79 Å². The quantitative estimate of drug-likeness (QED) is 0.812. The monoisotopic (exact) mass is 358 g/mol. The highest BCUT2D eigenvalue weighted by Gasteiger charge is 2.15. The number of carbonyl (C=O) groups excluding carboxylic acids is 1. The van der Waals surface area contributed by atoms with Crippen LogP contribution >= 0.6 is 27.3 Å². The number of nitrogens with zero attached hydrogens (tertiary/aromatic N) is 1. The third kappa shape index (κ3) is 5.54. The first-order valence-corrected chi connectivity index (χ1v) is 9.01. The zero-order valence-corrected chi connectivity index (χ0v) is 14.4. The van der Waals surface area contributed by atoms with E-state index in [1.54, 1.807) is 11.3 Å². The summed E-state index contributed by atoms with van der Waals surface area (Å²) in [5.74, 6) is 0.162. The molecule has 1 heterocycles. The second kappa shape index (κ2) is 8.15. The zero-order valence-electron chi connectivity index (χ0n) is 12.0. The molecule has 1 aliphatic rings. The number of nitrogens with one attached hydrogen (secondary N) is 1. The van der Waals surface area contributed by atoms with E-state index >= 15 is 0 Å². The Hall–Kier alpha value is -0.390. The van der Waals surface area contributed by atoms with Gasteiger partial charge in [0.25, 0.3) is 0 Å². The van der Waals surface area contributed by atoms with Gasteiger partial charge in [0.1, 0.15) is 0 Å². The van der Waals surface area contributed by atoms with Crippen LogP contribution in [0.3, 0.4) is 0 Å². The second-order valence-corrected chi connectivity index (χ2v) is 7.57. The number of amides is 1. The van der Waals surface area contributed by atoms with Gasteiger partial charge in [-0.2, -0.15) is 0 Å². The fourth-order valence-corrected chi connectivity index (χ4v) is 4.23. The largest absolute Gasteiger partial charge is 0.352 e. The van der Waals surface area contributed by atoms with Crippen LogP contribution in [-0.2, 0) is 11.3 Å². The van der Waals surface area contributed by atoms with Crippen molar-refractivity contribution in [2.45, 2.75) is 51.1 Å². The van der Waals surface area contributed by atoms with E-state index in [0.29, 0.717) is 12.6 Å². The average molecular weight is 359 g/mol. The van der Waals surface area contributed by atoms with Crippen molar-refractivity contribution < 1.29 is 4.79 Å². The van der Waals surface area contributed by atoms with Gasteiger partial charge in [-0.3, -0.25) is 9.69 Å². The number of thiophene rings is 1. The van der Waals surface area contributed by atoms with Gasteiger partial charge in [-0.05, 0) is 41.9 Å². The minimum Gasteiger partial charge on any atom is -0.352 e. The minimum absolute atomic E-state index is 0.162. The van der Waals surface area contributed by atoms with E-state index in [1.165, 1.54) is 30.6 Å². The first kappa shape index (κ1) is 16.0. The molecule has 0 radical (unpaired) electrons. The molecule has 0 bridgehead atoms. The number of hydrogen-bond donors (Lipinski definition) is 1. The van der Waals surface area contributed by atoms with Crippen molar-refractivity contribution in [3.63, 3.8) is 0 Å². The lowest BCUT2D eigenvalue weighted by Crippen LogP contribution is -2.40. The van der Waals surface area contributed by atoms with Crippen molar-refractivity contribution in [1.82, 2.24) is 10.2 Å². The molecular weight excluding hydrogens is 336 g/mol. The molecule has 0 aliphatic heterocycles. The number of carbonyl (C=O) groups is 1. The standard InChI is InChI=1S/C15H23BrN2OS/c1-18(9-14-8-12(16)11-20-14)10-15(19)17-13-6-4-2-3-5-7-13/h8,11,13H,2-7,9-10H2,1H3,(H,17,19). The molecule has 1 N–H and O–H groups in total. The highest BCUT2D eigenvalue weighted by Crippen LogP contribution is 2.21. The number of rotatable bonds is 5. The summed E-state index contributed by atoms with van der Waals surface area (Å²) < 4.78 is 1.12. The molecule has 112 valence electrons. The fourth-order valence-electron chi connectivity index (χ4n) is 2.70. The van der Waals surface area contributed by atoms with E-state index in [0.717, 1.165) is 23.9 Å². The van der Waals surface area contributed by atoms with Crippen LogP contribution in [0.4, 0.5) is 0 Å². The predicted octanol–water partition coefficient (Wildman–Crippen LogP) is 3.78. The molecule has 2 rings (SSSR count). The third-order valence-electron chi connectivity index (χ3n) is 3.68. The molecule has 1 saturated carbocycles. The molecule has 3 nitrogen and oxygen atoms in total. The van der Waals surface area contributed by atoms with E-state index in [2.05, 4.69) is 37.6 Å². The molecule has 1 fully saturated rings. The van der Waals surface area contributed by atoms with Crippen LogP contribution in [0.25, 0.3) is 0 Å². The Bertz CT molecular complexity index is 427. The third-order valence-corrected chi connectivity index (χ3v) is 5.36. The number of halogens is 1. The number of hydrogen-bond acceptors (Lipinski definition) is 3. The Morgan fingerprint density at radius 2 is 2.10 bits per heavy atom. The van der Waals surface area contributed by atoms with Crippen LogP contribution in [-0.4, -0.2) is 30.4 Å². The van der Waals surface area contributed by atoms with Crippen LogP contribution in [0.2, 0.25) is 0 Å². The molecule has 1 amide bonds. The lowest BCUT2D eigenvalue weighted by molar-refractivity contribution is -0.122. The highest BCUT2D eigenvalue weighted by molar-refractivity contribution is 9.10. The van der Waals surface area contributed by atoms with Crippen LogP contribution in [0.5, 0.6) is 0 Å². The Morgan fingerprint density at radius 1 is 1.40 bits per heavy atom. The average Bonchev–Trinajstić information content (AvgIpc) is 2.63. The molecule has 0 spiro atoms. The smallest absolute Gasteiger partial charge is 0.234 e. The molecule has 0 unspecified atom stereocenters. The summed E-state index contributed by atoms with van der Waals surface area (Å²) in [6.07, 6.45) is 7.44. The molecule has 1 aromatic heterocycles. The maximum absolute atomic E-state index is 12.1. The minimum atomic E-state index is 0.162. The Morgan fingerprint density at radius 3 is 2.70 bits per heavy atom. The summed E-state index contributed by atoms with van der Waals surface area (Å²) in [5.41, 5.74) is 0. The maximum atomic E-state index is 12.1. The van der Waals surface area contributed by atoms with E-state index in [-0.39, 0.29) is 5.91 Å². The van der Waals surface area contributed by atoms with E-state index in [1.807, 2.05) is 7.05 Å². The van der Waals surface area contributed by atoms with E-state index in [4.69, 9.17) is 0 Å². The van der Waals surface area contributed by atoms with Crippen molar-refractivity contribution in [2.75, 3.05) is 13.6 Å². The first-order valence-electron chi connectivity index (χ1n) is 7.34. The molecule has 5 heteroatoms. The lowest BCUT2D eigenvalue weighted by atomic mass is 10.1. The van der Waals surface area contributed by atoms with Crippen molar-refractivity contribution in [2.24, 2.45) is 0 Å². The van der Waals surface area contributed by atoms with Crippen molar-refractivity contribution in [1.29, 1.82) is 0 Å². The maximum Gasteiger partial charge on any atom is 0.234 e. The molecule has 1 aromatic rings. The topological polar surface area (TPSA) is 32.3 Å². The second-order valence-electron chi connectivity index (χ2n) is 5.66. The summed E-state index contributed by atoms with van der Waals surface area (Å²) in [6, 6.07) is 2.51. The Balaban J connectivity index is 1.72. The summed E-state index contributed by atoms with van der Waals surface area (Å²) in [7, 11) is 2.00. The van der Waals surface area contributed by atoms with Gasteiger partial charge in [-0.1, -0.05) is 25.7 Å². The predicted molar refractivity (Wildman–Crippen MR) is 88.0 cm³/mol. The van der Waals surface area contributed by atoms with Crippen LogP contribution in [0.1, 0.15) is 43.4 Å². The molecule has 20 heavy (non-hydrogen) atoms. The van der Waals surface area contributed by atoms with Crippen LogP contribution in [0, 0.1) is 0 Å². The van der Waals surface area contributed by atoms with Gasteiger partial charge >= 0.3 is 0 Å². The van der Waals surface area contributed by atoms with Gasteiger partial charge in [-0.15, -0.1) is 11.3 Å². The molecule has 0 atom stereocenters. The molecular formula is C15H23BrN2OS. The van der Waals surface area contributed by atoms with Crippen LogP contribution in [0.15, 0.2) is 15.9 Å². The SMILES string of the molecule is CN(CC(=O)NC1CCCCCC1)Cc1cc(Br)cs1. The summed E-state index contributed by atoms with van der Waals surface area (Å²) in [5, 5.41) is 5.27. The van der Waals surface area contributed by atoms with Crippen molar-refractivity contribution >= 4 is 33.2 Å². The number of likely N-dealkylation sites (N-methyl/N-ethyl adjacent to an activating group) is 1. The Kier molecular flexibility index (Phi) is 6.52. The molecule has 1 aliphatic carbocycles. The van der Waals surface area contributed by atoms with Gasteiger partial charge in [0.05, 0.1) is 6.54 Å². The summed E-state index contributed by atoms with van der Waals surface area (Å²) in [4.78, 5) is 15.4. The summed E-state index contributed by atoms with van der Waals surface area (Å²) in [6.45, 7) is 1.31. The Labute approximate surface area is 133 Å². The van der Waals surface area contributed by atoms with Crippen molar-refractivity contribution in [3.8, 4) is 0 Å². The van der Waals surface area contributed by atoms with Gasteiger partial charge in [0.15, 0.2) is 0 Å². The lowest BCUT2D eigenvalue weighted by Gasteiger charge is -2.19. The zero-order chi connectivity index (χ0) is 14.4.